The Morgan fingerprint density at radius 1 is 1.17 bits per heavy atom. The molecule has 1 unspecified atom stereocenters. The molecule has 0 aliphatic heterocycles. The van der Waals surface area contributed by atoms with Gasteiger partial charge in [0.25, 0.3) is 0 Å². The van der Waals surface area contributed by atoms with Gasteiger partial charge in [-0.3, -0.25) is 0 Å². The van der Waals surface area contributed by atoms with E-state index in [1.165, 1.54) is 24.8 Å². The summed E-state index contributed by atoms with van der Waals surface area (Å²) < 4.78 is 0. The highest BCUT2D eigenvalue weighted by atomic mass is 16.3. The van der Waals surface area contributed by atoms with Crippen LogP contribution in [0.5, 0.6) is 0 Å². The molecule has 0 spiro atoms. The van der Waals surface area contributed by atoms with Crippen molar-refractivity contribution in [2.24, 2.45) is 0 Å². The second-order valence-electron chi connectivity index (χ2n) is 4.54. The maximum Gasteiger partial charge on any atom is 0.0537 e. The molecule has 0 aliphatic carbocycles. The molecule has 1 rings (SSSR count). The predicted octanol–water partition coefficient (Wildman–Crippen LogP) is 4.75. The molecular weight excluding hydrogens is 220 g/mol. The summed E-state index contributed by atoms with van der Waals surface area (Å²) in [6.45, 7) is 7.86. The number of aliphatic hydroxyl groups is 1. The van der Waals surface area contributed by atoms with Crippen LogP contribution >= 0.6 is 0 Å². The van der Waals surface area contributed by atoms with Crippen molar-refractivity contribution in [3.8, 4) is 0 Å². The maximum atomic E-state index is 9.08. The molecule has 18 heavy (non-hydrogen) atoms. The summed E-state index contributed by atoms with van der Waals surface area (Å²) >= 11 is 0. The Balaban J connectivity index is 0.000000321. The lowest BCUT2D eigenvalue weighted by atomic mass is 10.1. The van der Waals surface area contributed by atoms with Crippen LogP contribution in [0.25, 0.3) is 0 Å². The van der Waals surface area contributed by atoms with Crippen molar-refractivity contribution in [3.05, 3.63) is 48.6 Å². The molecule has 1 heteroatoms. The first-order valence-electron chi connectivity index (χ1n) is 7.07. The standard InChI is InChI=1S/C9H10.C8H18O/c1-2-6-9-7-4-3-5-8-9;1-3-5-6-7-8(9)4-2/h2-5,7-8H,1,6H2;8-9H,3-7H2,1-2H3. The first kappa shape index (κ1) is 16.9. The van der Waals surface area contributed by atoms with Crippen molar-refractivity contribution >= 4 is 0 Å². The second-order valence-corrected chi connectivity index (χ2v) is 4.54. The molecule has 102 valence electrons. The fourth-order valence-corrected chi connectivity index (χ4v) is 1.61. The third-order valence-electron chi connectivity index (χ3n) is 2.84. The molecule has 0 saturated heterocycles. The van der Waals surface area contributed by atoms with Gasteiger partial charge >= 0.3 is 0 Å². The largest absolute Gasteiger partial charge is 0.393 e. The van der Waals surface area contributed by atoms with E-state index >= 15 is 0 Å². The van der Waals surface area contributed by atoms with Crippen molar-refractivity contribution in [2.45, 2.75) is 58.5 Å². The fourth-order valence-electron chi connectivity index (χ4n) is 1.61. The van der Waals surface area contributed by atoms with E-state index in [-0.39, 0.29) is 6.10 Å². The van der Waals surface area contributed by atoms with E-state index in [2.05, 4.69) is 25.6 Å². The molecule has 0 bridgehead atoms. The molecule has 0 aliphatic rings. The molecule has 1 N–H and O–H groups in total. The number of unbranched alkanes of at least 4 members (excludes halogenated alkanes) is 2. The van der Waals surface area contributed by atoms with E-state index in [4.69, 9.17) is 5.11 Å². The van der Waals surface area contributed by atoms with Gasteiger partial charge in [0.1, 0.15) is 0 Å². The highest BCUT2D eigenvalue weighted by molar-refractivity contribution is 5.16. The average molecular weight is 248 g/mol. The number of benzene rings is 1. The van der Waals surface area contributed by atoms with Gasteiger partial charge < -0.3 is 5.11 Å². The van der Waals surface area contributed by atoms with Crippen LogP contribution in [0.4, 0.5) is 0 Å². The summed E-state index contributed by atoms with van der Waals surface area (Å²) in [5.74, 6) is 0. The van der Waals surface area contributed by atoms with Gasteiger partial charge in [0.15, 0.2) is 0 Å². The zero-order valence-corrected chi connectivity index (χ0v) is 11.9. The van der Waals surface area contributed by atoms with E-state index in [1.807, 2.05) is 31.2 Å². The minimum atomic E-state index is -0.0449. The number of allylic oxidation sites excluding steroid dienone is 1. The van der Waals surface area contributed by atoms with Gasteiger partial charge in [0.2, 0.25) is 0 Å². The molecule has 0 saturated carbocycles. The van der Waals surface area contributed by atoms with Gasteiger partial charge in [-0.1, -0.05) is 69.5 Å². The lowest BCUT2D eigenvalue weighted by Gasteiger charge is -2.04. The molecule has 0 amide bonds. The summed E-state index contributed by atoms with van der Waals surface area (Å²) in [4.78, 5) is 0. The Morgan fingerprint density at radius 3 is 2.33 bits per heavy atom. The smallest absolute Gasteiger partial charge is 0.0537 e. The second kappa shape index (κ2) is 12.4. The van der Waals surface area contributed by atoms with Crippen molar-refractivity contribution in [3.63, 3.8) is 0 Å². The van der Waals surface area contributed by atoms with Crippen LogP contribution in [0.1, 0.15) is 51.5 Å². The SMILES string of the molecule is C=CCc1ccccc1.CCCCCC(O)CC. The summed E-state index contributed by atoms with van der Waals surface area (Å²) in [6, 6.07) is 10.3. The van der Waals surface area contributed by atoms with Crippen LogP contribution in [-0.4, -0.2) is 11.2 Å². The van der Waals surface area contributed by atoms with Gasteiger partial charge in [-0.25, -0.2) is 0 Å². The van der Waals surface area contributed by atoms with Crippen molar-refractivity contribution in [1.29, 1.82) is 0 Å². The van der Waals surface area contributed by atoms with Crippen molar-refractivity contribution in [2.75, 3.05) is 0 Å². The van der Waals surface area contributed by atoms with Crippen LogP contribution < -0.4 is 0 Å². The summed E-state index contributed by atoms with van der Waals surface area (Å²) in [6.07, 6.45) is 8.43. The maximum absolute atomic E-state index is 9.08. The number of hydrogen-bond acceptors (Lipinski definition) is 1. The molecule has 0 aromatic heterocycles. The highest BCUT2D eigenvalue weighted by Gasteiger charge is 1.97. The van der Waals surface area contributed by atoms with Crippen LogP contribution in [-0.2, 0) is 6.42 Å². The normalized spacial score (nSPS) is 11.3. The lowest BCUT2D eigenvalue weighted by molar-refractivity contribution is 0.156. The minimum absolute atomic E-state index is 0.0449. The number of aliphatic hydroxyl groups excluding tert-OH is 1. The van der Waals surface area contributed by atoms with Gasteiger partial charge in [-0.15, -0.1) is 6.58 Å². The van der Waals surface area contributed by atoms with E-state index in [0.29, 0.717) is 0 Å². The van der Waals surface area contributed by atoms with Gasteiger partial charge in [-0.2, -0.15) is 0 Å². The Kier molecular flexibility index (Phi) is 11.6. The van der Waals surface area contributed by atoms with E-state index in [0.717, 1.165) is 19.3 Å². The minimum Gasteiger partial charge on any atom is -0.393 e. The topological polar surface area (TPSA) is 20.2 Å². The Labute approximate surface area is 113 Å². The summed E-state index contributed by atoms with van der Waals surface area (Å²) in [5, 5.41) is 9.08. The van der Waals surface area contributed by atoms with Gasteiger partial charge in [0, 0.05) is 0 Å². The Hall–Kier alpha value is -1.08. The predicted molar refractivity (Wildman–Crippen MR) is 80.8 cm³/mol. The van der Waals surface area contributed by atoms with Crippen LogP contribution in [0.15, 0.2) is 43.0 Å². The van der Waals surface area contributed by atoms with Crippen molar-refractivity contribution < 1.29 is 5.11 Å². The molecular formula is C17H28O. The zero-order valence-electron chi connectivity index (χ0n) is 11.9. The number of hydrogen-bond donors (Lipinski definition) is 1. The molecule has 0 heterocycles. The zero-order chi connectivity index (χ0) is 13.6. The van der Waals surface area contributed by atoms with Gasteiger partial charge in [0.05, 0.1) is 6.10 Å². The molecule has 1 aromatic carbocycles. The van der Waals surface area contributed by atoms with Crippen LogP contribution in [0, 0.1) is 0 Å². The van der Waals surface area contributed by atoms with Crippen molar-refractivity contribution in [1.82, 2.24) is 0 Å². The third kappa shape index (κ3) is 10.1. The quantitative estimate of drug-likeness (QED) is 0.545. The third-order valence-corrected chi connectivity index (χ3v) is 2.84. The van der Waals surface area contributed by atoms with E-state index in [1.54, 1.807) is 0 Å². The summed E-state index contributed by atoms with van der Waals surface area (Å²) in [7, 11) is 0. The van der Waals surface area contributed by atoms with E-state index < -0.39 is 0 Å². The van der Waals surface area contributed by atoms with Crippen LogP contribution in [0.3, 0.4) is 0 Å². The highest BCUT2D eigenvalue weighted by Crippen LogP contribution is 2.04. The molecule has 1 nitrogen and oxygen atoms in total. The first-order valence-corrected chi connectivity index (χ1v) is 7.07. The first-order chi connectivity index (χ1) is 8.74. The van der Waals surface area contributed by atoms with Crippen LogP contribution in [0.2, 0.25) is 0 Å². The molecule has 1 aromatic rings. The Bertz CT molecular complexity index is 279. The monoisotopic (exact) mass is 248 g/mol. The van der Waals surface area contributed by atoms with Gasteiger partial charge in [-0.05, 0) is 24.8 Å². The molecule has 0 fully saturated rings. The summed E-state index contributed by atoms with van der Waals surface area (Å²) in [5.41, 5.74) is 1.33. The number of rotatable bonds is 7. The Morgan fingerprint density at radius 2 is 1.83 bits per heavy atom. The molecule has 0 radical (unpaired) electrons. The fraction of sp³-hybridized carbons (Fsp3) is 0.529. The molecule has 1 atom stereocenters. The average Bonchev–Trinajstić information content (AvgIpc) is 2.41. The van der Waals surface area contributed by atoms with E-state index in [9.17, 15) is 0 Å². The lowest BCUT2D eigenvalue weighted by Crippen LogP contribution is -2.02.